The van der Waals surface area contributed by atoms with Crippen molar-refractivity contribution in [3.63, 3.8) is 0 Å². The van der Waals surface area contributed by atoms with E-state index in [4.69, 9.17) is 32.7 Å². The van der Waals surface area contributed by atoms with E-state index in [0.29, 0.717) is 49.5 Å². The van der Waals surface area contributed by atoms with E-state index >= 15 is 0 Å². The number of nitrogens with zero attached hydrogens (tertiary/aromatic N) is 3. The van der Waals surface area contributed by atoms with Crippen LogP contribution in [0.4, 0.5) is 0 Å². The van der Waals surface area contributed by atoms with Crippen LogP contribution in [-0.2, 0) is 5.75 Å². The van der Waals surface area contributed by atoms with Gasteiger partial charge in [-0.3, -0.25) is 9.36 Å². The van der Waals surface area contributed by atoms with Crippen LogP contribution in [0.2, 0.25) is 10.0 Å². The van der Waals surface area contributed by atoms with Crippen molar-refractivity contribution < 1.29 is 14.3 Å². The second-order valence-corrected chi connectivity index (χ2v) is 10.1. The summed E-state index contributed by atoms with van der Waals surface area (Å²) in [7, 11) is 3.06. The fourth-order valence-corrected chi connectivity index (χ4v) is 5.21. The number of nitrogens with one attached hydrogen (secondary N) is 1. The van der Waals surface area contributed by atoms with Gasteiger partial charge in [0.1, 0.15) is 11.5 Å². The quantitative estimate of drug-likeness (QED) is 0.231. The SMILES string of the molecule is COc1ccc(C(=O)NC(C)c2nnc(SCc3cccc(C)c3)n2-c2ccc(Cl)cc2Cl)c(OC)c1. The third kappa shape index (κ3) is 6.21. The summed E-state index contributed by atoms with van der Waals surface area (Å²) in [5.41, 5.74) is 3.39. The Morgan fingerprint density at radius 2 is 1.86 bits per heavy atom. The van der Waals surface area contributed by atoms with Gasteiger partial charge in [0, 0.05) is 16.8 Å². The number of hydrogen-bond acceptors (Lipinski definition) is 6. The fourth-order valence-electron chi connectivity index (χ4n) is 3.82. The molecule has 0 spiro atoms. The third-order valence-electron chi connectivity index (χ3n) is 5.65. The Morgan fingerprint density at radius 1 is 1.05 bits per heavy atom. The molecular formula is C27H26Cl2N4O3S. The fraction of sp³-hybridized carbons (Fsp3) is 0.222. The summed E-state index contributed by atoms with van der Waals surface area (Å²) in [5, 5.41) is 13.5. The third-order valence-corrected chi connectivity index (χ3v) is 7.19. The number of ether oxygens (including phenoxy) is 2. The van der Waals surface area contributed by atoms with Crippen molar-refractivity contribution in [2.24, 2.45) is 0 Å². The van der Waals surface area contributed by atoms with E-state index < -0.39 is 6.04 Å². The molecule has 1 aromatic heterocycles. The van der Waals surface area contributed by atoms with Crippen molar-refractivity contribution in [1.29, 1.82) is 0 Å². The lowest BCUT2D eigenvalue weighted by Crippen LogP contribution is -2.29. The van der Waals surface area contributed by atoms with Crippen molar-refractivity contribution in [2.45, 2.75) is 30.8 Å². The van der Waals surface area contributed by atoms with E-state index in [0.717, 1.165) is 5.56 Å². The minimum atomic E-state index is -0.508. The van der Waals surface area contributed by atoms with Gasteiger partial charge < -0.3 is 14.8 Å². The van der Waals surface area contributed by atoms with Gasteiger partial charge in [-0.1, -0.05) is 64.8 Å². The number of benzene rings is 3. The van der Waals surface area contributed by atoms with Gasteiger partial charge in [-0.25, -0.2) is 0 Å². The molecule has 7 nitrogen and oxygen atoms in total. The smallest absolute Gasteiger partial charge is 0.255 e. The molecule has 192 valence electrons. The van der Waals surface area contributed by atoms with Gasteiger partial charge in [-0.15, -0.1) is 10.2 Å². The van der Waals surface area contributed by atoms with Gasteiger partial charge in [0.15, 0.2) is 11.0 Å². The van der Waals surface area contributed by atoms with Crippen LogP contribution in [0.1, 0.15) is 40.3 Å². The lowest BCUT2D eigenvalue weighted by atomic mass is 10.1. The van der Waals surface area contributed by atoms with E-state index in [9.17, 15) is 4.79 Å². The predicted octanol–water partition coefficient (Wildman–Crippen LogP) is 6.68. The molecule has 4 rings (SSSR count). The van der Waals surface area contributed by atoms with Crippen LogP contribution >= 0.6 is 35.0 Å². The van der Waals surface area contributed by atoms with Gasteiger partial charge in [0.05, 0.1) is 36.5 Å². The Bertz CT molecular complexity index is 1430. The molecule has 1 amide bonds. The molecule has 1 N–H and O–H groups in total. The van der Waals surface area contributed by atoms with E-state index in [2.05, 4.69) is 40.6 Å². The maximum absolute atomic E-state index is 13.2. The molecule has 0 saturated heterocycles. The van der Waals surface area contributed by atoms with Gasteiger partial charge in [-0.05, 0) is 49.7 Å². The predicted molar refractivity (Wildman–Crippen MR) is 148 cm³/mol. The summed E-state index contributed by atoms with van der Waals surface area (Å²) in [6, 6.07) is 18.1. The number of aryl methyl sites for hydroxylation is 1. The Labute approximate surface area is 230 Å². The molecule has 10 heteroatoms. The van der Waals surface area contributed by atoms with Gasteiger partial charge in [0.2, 0.25) is 0 Å². The monoisotopic (exact) mass is 556 g/mol. The first kappa shape index (κ1) is 26.9. The maximum atomic E-state index is 13.2. The summed E-state index contributed by atoms with van der Waals surface area (Å²) in [4.78, 5) is 13.2. The zero-order chi connectivity index (χ0) is 26.5. The molecule has 0 aliphatic rings. The average molecular weight is 558 g/mol. The number of halogens is 2. The molecule has 0 fully saturated rings. The van der Waals surface area contributed by atoms with Crippen LogP contribution in [-0.4, -0.2) is 34.9 Å². The Morgan fingerprint density at radius 3 is 2.57 bits per heavy atom. The zero-order valence-corrected chi connectivity index (χ0v) is 23.1. The summed E-state index contributed by atoms with van der Waals surface area (Å²) >= 11 is 14.3. The summed E-state index contributed by atoms with van der Waals surface area (Å²) in [5.74, 6) is 1.89. The Balaban J connectivity index is 1.66. The van der Waals surface area contributed by atoms with Crippen molar-refractivity contribution in [2.75, 3.05) is 14.2 Å². The molecule has 0 bridgehead atoms. The number of methoxy groups -OCH3 is 2. The number of thioether (sulfide) groups is 1. The number of hydrogen-bond donors (Lipinski definition) is 1. The molecule has 0 saturated carbocycles. The molecule has 1 atom stereocenters. The Kier molecular flexibility index (Phi) is 8.63. The van der Waals surface area contributed by atoms with Crippen LogP contribution in [0, 0.1) is 6.92 Å². The molecule has 0 aliphatic carbocycles. The topological polar surface area (TPSA) is 78.3 Å². The van der Waals surface area contributed by atoms with Crippen LogP contribution in [0.3, 0.4) is 0 Å². The highest BCUT2D eigenvalue weighted by Gasteiger charge is 2.24. The van der Waals surface area contributed by atoms with Crippen LogP contribution in [0.25, 0.3) is 5.69 Å². The Hall–Kier alpha value is -3.20. The average Bonchev–Trinajstić information content (AvgIpc) is 3.30. The van der Waals surface area contributed by atoms with E-state index in [-0.39, 0.29) is 5.91 Å². The molecule has 1 heterocycles. The van der Waals surface area contributed by atoms with Gasteiger partial charge >= 0.3 is 0 Å². The first-order chi connectivity index (χ1) is 17.8. The highest BCUT2D eigenvalue weighted by atomic mass is 35.5. The summed E-state index contributed by atoms with van der Waals surface area (Å²) < 4.78 is 12.5. The standard InChI is InChI=1S/C27H26Cl2N4O3S/c1-16-6-5-7-18(12-16)15-37-27-32-31-25(33(27)23-11-8-19(28)13-22(23)29)17(2)30-26(34)21-10-9-20(35-3)14-24(21)36-4/h5-14,17H,15H2,1-4H3,(H,30,34). The van der Waals surface area contributed by atoms with Crippen molar-refractivity contribution in [3.05, 3.63) is 93.2 Å². The first-order valence-electron chi connectivity index (χ1n) is 11.4. The van der Waals surface area contributed by atoms with Gasteiger partial charge in [0.25, 0.3) is 5.91 Å². The highest BCUT2D eigenvalue weighted by Crippen LogP contribution is 2.33. The number of amides is 1. The molecule has 1 unspecified atom stereocenters. The highest BCUT2D eigenvalue weighted by molar-refractivity contribution is 7.98. The first-order valence-corrected chi connectivity index (χ1v) is 13.2. The maximum Gasteiger partial charge on any atom is 0.255 e. The molecule has 37 heavy (non-hydrogen) atoms. The second kappa shape index (κ2) is 11.9. The van der Waals surface area contributed by atoms with E-state index in [1.807, 2.05) is 23.6 Å². The van der Waals surface area contributed by atoms with Crippen LogP contribution in [0.15, 0.2) is 65.8 Å². The lowest BCUT2D eigenvalue weighted by Gasteiger charge is -2.18. The number of carbonyl (C=O) groups is 1. The largest absolute Gasteiger partial charge is 0.497 e. The number of rotatable bonds is 9. The molecule has 0 radical (unpaired) electrons. The molecule has 0 aliphatic heterocycles. The molecular weight excluding hydrogens is 531 g/mol. The minimum absolute atomic E-state index is 0.322. The van der Waals surface area contributed by atoms with Crippen LogP contribution in [0.5, 0.6) is 11.5 Å². The number of carbonyl (C=O) groups excluding carboxylic acids is 1. The lowest BCUT2D eigenvalue weighted by molar-refractivity contribution is 0.0935. The molecule has 4 aromatic rings. The summed E-state index contributed by atoms with van der Waals surface area (Å²) in [6.45, 7) is 3.90. The van der Waals surface area contributed by atoms with Crippen molar-refractivity contribution >= 4 is 40.9 Å². The second-order valence-electron chi connectivity index (χ2n) is 8.31. The molecule has 3 aromatic carbocycles. The normalized spacial score (nSPS) is 11.7. The van der Waals surface area contributed by atoms with Crippen LogP contribution < -0.4 is 14.8 Å². The summed E-state index contributed by atoms with van der Waals surface area (Å²) in [6.07, 6.45) is 0. The zero-order valence-electron chi connectivity index (χ0n) is 20.8. The minimum Gasteiger partial charge on any atom is -0.497 e. The van der Waals surface area contributed by atoms with Gasteiger partial charge in [-0.2, -0.15) is 0 Å². The van der Waals surface area contributed by atoms with E-state index in [1.54, 1.807) is 37.4 Å². The number of aromatic nitrogens is 3. The van der Waals surface area contributed by atoms with E-state index in [1.165, 1.54) is 24.4 Å². The van der Waals surface area contributed by atoms with Crippen molar-refractivity contribution in [3.8, 4) is 17.2 Å². The van der Waals surface area contributed by atoms with Crippen molar-refractivity contribution in [1.82, 2.24) is 20.1 Å².